The minimum atomic E-state index is -0.383. The Morgan fingerprint density at radius 2 is 1.96 bits per heavy atom. The Morgan fingerprint density at radius 3 is 2.75 bits per heavy atom. The Morgan fingerprint density at radius 1 is 1.14 bits per heavy atom. The van der Waals surface area contributed by atoms with Crippen molar-refractivity contribution in [3.8, 4) is 21.4 Å². The third-order valence-electron chi connectivity index (χ3n) is 3.43. The second-order valence-electron chi connectivity index (χ2n) is 5.51. The SMILES string of the molecule is O=C(Cc1csc(-c2ncccn2)n1)Nc1nnc(-c2cc(F)cc(Br)c2)s1. The molecular formula is C17H10BrFN6OS2. The van der Waals surface area contributed by atoms with Gasteiger partial charge in [0.2, 0.25) is 11.0 Å². The summed E-state index contributed by atoms with van der Waals surface area (Å²) in [5, 5.41) is 13.9. The van der Waals surface area contributed by atoms with Crippen molar-refractivity contribution in [1.82, 2.24) is 25.1 Å². The number of benzene rings is 1. The van der Waals surface area contributed by atoms with Crippen molar-refractivity contribution >= 4 is 49.6 Å². The third-order valence-corrected chi connectivity index (χ3v) is 5.66. The Bertz CT molecular complexity index is 1110. The summed E-state index contributed by atoms with van der Waals surface area (Å²) in [4.78, 5) is 24.9. The molecule has 3 heterocycles. The number of rotatable bonds is 5. The summed E-state index contributed by atoms with van der Waals surface area (Å²) in [7, 11) is 0. The highest BCUT2D eigenvalue weighted by Gasteiger charge is 2.14. The molecule has 0 saturated carbocycles. The monoisotopic (exact) mass is 476 g/mol. The van der Waals surface area contributed by atoms with Crippen LogP contribution >= 0.6 is 38.6 Å². The highest BCUT2D eigenvalue weighted by atomic mass is 79.9. The molecule has 4 aromatic rings. The zero-order valence-corrected chi connectivity index (χ0v) is 17.2. The molecule has 1 N–H and O–H groups in total. The lowest BCUT2D eigenvalue weighted by Gasteiger charge is -1.99. The molecule has 140 valence electrons. The number of nitrogens with one attached hydrogen (secondary N) is 1. The van der Waals surface area contributed by atoms with Gasteiger partial charge in [-0.1, -0.05) is 27.3 Å². The average molecular weight is 477 g/mol. The van der Waals surface area contributed by atoms with Crippen LogP contribution < -0.4 is 5.32 Å². The predicted octanol–water partition coefficient (Wildman–Crippen LogP) is 4.20. The van der Waals surface area contributed by atoms with E-state index in [1.807, 2.05) is 0 Å². The summed E-state index contributed by atoms with van der Waals surface area (Å²) >= 11 is 5.78. The molecular weight excluding hydrogens is 467 g/mol. The van der Waals surface area contributed by atoms with Crippen LogP contribution in [0.3, 0.4) is 0 Å². The molecule has 0 aliphatic rings. The van der Waals surface area contributed by atoms with Crippen molar-refractivity contribution in [2.45, 2.75) is 6.42 Å². The van der Waals surface area contributed by atoms with E-state index < -0.39 is 0 Å². The van der Waals surface area contributed by atoms with Crippen LogP contribution in [0.2, 0.25) is 0 Å². The van der Waals surface area contributed by atoms with Crippen molar-refractivity contribution in [2.75, 3.05) is 5.32 Å². The van der Waals surface area contributed by atoms with Crippen molar-refractivity contribution in [3.05, 3.63) is 58.0 Å². The molecule has 0 atom stereocenters. The Labute approximate surface area is 174 Å². The van der Waals surface area contributed by atoms with Gasteiger partial charge in [-0.3, -0.25) is 4.79 Å². The number of carbonyl (C=O) groups is 1. The standard InChI is InChI=1S/C17H10BrFN6OS2/c18-10-4-9(5-11(19)6-10)15-24-25-17(28-15)23-13(26)7-12-8-27-16(22-12)14-20-2-1-3-21-14/h1-6,8H,7H2,(H,23,25,26). The molecule has 3 aromatic heterocycles. The highest BCUT2D eigenvalue weighted by Crippen LogP contribution is 2.29. The maximum absolute atomic E-state index is 13.5. The lowest BCUT2D eigenvalue weighted by molar-refractivity contribution is -0.115. The second-order valence-corrected chi connectivity index (χ2v) is 8.26. The van der Waals surface area contributed by atoms with Crippen LogP contribution in [0.15, 0.2) is 46.5 Å². The number of amides is 1. The Hall–Kier alpha value is -2.63. The minimum Gasteiger partial charge on any atom is -0.300 e. The number of anilines is 1. The van der Waals surface area contributed by atoms with Gasteiger partial charge in [0.1, 0.15) is 10.8 Å². The molecule has 28 heavy (non-hydrogen) atoms. The van der Waals surface area contributed by atoms with Crippen LogP contribution in [0.4, 0.5) is 9.52 Å². The second kappa shape index (κ2) is 8.17. The molecule has 0 aliphatic carbocycles. The summed E-state index contributed by atoms with van der Waals surface area (Å²) in [6.45, 7) is 0. The number of hydrogen-bond donors (Lipinski definition) is 1. The molecule has 0 aliphatic heterocycles. The minimum absolute atomic E-state index is 0.0871. The van der Waals surface area contributed by atoms with Crippen molar-refractivity contribution in [1.29, 1.82) is 0 Å². The third kappa shape index (κ3) is 4.43. The van der Waals surface area contributed by atoms with Crippen molar-refractivity contribution in [3.63, 3.8) is 0 Å². The van der Waals surface area contributed by atoms with Gasteiger partial charge in [-0.05, 0) is 24.3 Å². The average Bonchev–Trinajstić information content (AvgIpc) is 3.31. The lowest BCUT2D eigenvalue weighted by Crippen LogP contribution is -2.14. The van der Waals surface area contributed by atoms with Gasteiger partial charge in [-0.2, -0.15) is 0 Å². The van der Waals surface area contributed by atoms with Gasteiger partial charge in [-0.25, -0.2) is 19.3 Å². The van der Waals surface area contributed by atoms with Gasteiger partial charge in [0.25, 0.3) is 0 Å². The predicted molar refractivity (Wildman–Crippen MR) is 108 cm³/mol. The van der Waals surface area contributed by atoms with Gasteiger partial charge >= 0.3 is 0 Å². The van der Waals surface area contributed by atoms with E-state index in [-0.39, 0.29) is 18.1 Å². The Balaban J connectivity index is 1.42. The smallest absolute Gasteiger partial charge is 0.232 e. The van der Waals surface area contributed by atoms with Crippen LogP contribution in [0.25, 0.3) is 21.4 Å². The first-order chi connectivity index (χ1) is 13.6. The molecule has 0 saturated heterocycles. The van der Waals surface area contributed by atoms with Gasteiger partial charge in [0, 0.05) is 27.8 Å². The molecule has 0 bridgehead atoms. The van der Waals surface area contributed by atoms with E-state index in [2.05, 4.69) is 46.4 Å². The number of aromatic nitrogens is 5. The first-order valence-electron chi connectivity index (χ1n) is 7.88. The quantitative estimate of drug-likeness (QED) is 0.463. The molecule has 1 amide bonds. The van der Waals surface area contributed by atoms with Gasteiger partial charge < -0.3 is 5.32 Å². The van der Waals surface area contributed by atoms with Crippen LogP contribution in [-0.4, -0.2) is 31.1 Å². The van der Waals surface area contributed by atoms with Crippen molar-refractivity contribution in [2.24, 2.45) is 0 Å². The summed E-state index contributed by atoms with van der Waals surface area (Å²) in [5.41, 5.74) is 1.20. The summed E-state index contributed by atoms with van der Waals surface area (Å²) in [5.74, 6) is -0.130. The van der Waals surface area contributed by atoms with E-state index in [9.17, 15) is 9.18 Å². The maximum atomic E-state index is 13.5. The maximum Gasteiger partial charge on any atom is 0.232 e. The fourth-order valence-electron chi connectivity index (χ4n) is 2.30. The normalized spacial score (nSPS) is 10.8. The molecule has 1 aromatic carbocycles. The summed E-state index contributed by atoms with van der Waals surface area (Å²) in [6.07, 6.45) is 3.37. The van der Waals surface area contributed by atoms with E-state index in [1.54, 1.807) is 29.9 Å². The highest BCUT2D eigenvalue weighted by molar-refractivity contribution is 9.10. The van der Waals surface area contributed by atoms with Crippen LogP contribution in [-0.2, 0) is 11.2 Å². The van der Waals surface area contributed by atoms with Gasteiger partial charge in [0.05, 0.1) is 12.1 Å². The summed E-state index contributed by atoms with van der Waals surface area (Å²) in [6, 6.07) is 6.18. The molecule has 0 radical (unpaired) electrons. The first-order valence-corrected chi connectivity index (χ1v) is 10.4. The first kappa shape index (κ1) is 18.7. The molecule has 11 heteroatoms. The number of hydrogen-bond acceptors (Lipinski definition) is 8. The largest absolute Gasteiger partial charge is 0.300 e. The Kier molecular flexibility index (Phi) is 5.46. The molecule has 4 rings (SSSR count). The van der Waals surface area contributed by atoms with E-state index in [1.165, 1.54) is 23.5 Å². The van der Waals surface area contributed by atoms with Crippen LogP contribution in [0.5, 0.6) is 0 Å². The van der Waals surface area contributed by atoms with E-state index in [0.29, 0.717) is 36.7 Å². The zero-order chi connectivity index (χ0) is 19.5. The van der Waals surface area contributed by atoms with Crippen LogP contribution in [0, 0.1) is 5.82 Å². The topological polar surface area (TPSA) is 93.5 Å². The lowest BCUT2D eigenvalue weighted by atomic mass is 10.2. The number of halogens is 2. The number of carbonyl (C=O) groups excluding carboxylic acids is 1. The van der Waals surface area contributed by atoms with Crippen LogP contribution in [0.1, 0.15) is 5.69 Å². The molecule has 7 nitrogen and oxygen atoms in total. The van der Waals surface area contributed by atoms with Gasteiger partial charge in [0.15, 0.2) is 10.8 Å². The van der Waals surface area contributed by atoms with E-state index in [0.717, 1.165) is 11.3 Å². The van der Waals surface area contributed by atoms with E-state index in [4.69, 9.17) is 0 Å². The van der Waals surface area contributed by atoms with Crippen molar-refractivity contribution < 1.29 is 9.18 Å². The summed E-state index contributed by atoms with van der Waals surface area (Å²) < 4.78 is 14.1. The fraction of sp³-hybridized carbons (Fsp3) is 0.0588. The zero-order valence-electron chi connectivity index (χ0n) is 14.0. The number of thiazole rings is 1. The molecule has 0 spiro atoms. The molecule has 0 unspecified atom stereocenters. The van der Waals surface area contributed by atoms with Gasteiger partial charge in [-0.15, -0.1) is 21.5 Å². The molecule has 0 fully saturated rings. The van der Waals surface area contributed by atoms with E-state index >= 15 is 0 Å². The fourth-order valence-corrected chi connectivity index (χ4v) is 4.27. The number of nitrogens with zero attached hydrogens (tertiary/aromatic N) is 5.